The molecule has 0 radical (unpaired) electrons. The Morgan fingerprint density at radius 1 is 0.895 bits per heavy atom. The zero-order valence-corrected chi connectivity index (χ0v) is 20.6. The molecule has 4 nitrogen and oxygen atoms in total. The fourth-order valence-electron chi connectivity index (χ4n) is 3.80. The number of benzene rings is 4. The van der Waals surface area contributed by atoms with Gasteiger partial charge in [-0.15, -0.1) is 6.58 Å². The number of halogens is 3. The Bertz CT molecular complexity index is 1450. The number of esters is 1. The number of rotatable bonds is 9. The molecule has 0 saturated carbocycles. The van der Waals surface area contributed by atoms with E-state index in [0.29, 0.717) is 23.1 Å². The van der Waals surface area contributed by atoms with Crippen molar-refractivity contribution in [2.75, 3.05) is 6.61 Å². The average Bonchev–Trinajstić information content (AvgIpc) is 2.91. The van der Waals surface area contributed by atoms with Crippen LogP contribution in [0, 0.1) is 17.5 Å². The lowest BCUT2D eigenvalue weighted by Crippen LogP contribution is -2.08. The van der Waals surface area contributed by atoms with E-state index in [0.717, 1.165) is 6.07 Å². The van der Waals surface area contributed by atoms with Gasteiger partial charge in [0, 0.05) is 17.2 Å². The second-order valence-corrected chi connectivity index (χ2v) is 8.57. The van der Waals surface area contributed by atoms with Gasteiger partial charge < -0.3 is 14.6 Å². The molecule has 4 aromatic carbocycles. The van der Waals surface area contributed by atoms with Gasteiger partial charge in [0.1, 0.15) is 5.75 Å². The SMILES string of the molecule is C=CCCOc1ccc(OC(=O)c2ccc(-c3ccc(-c4ccc(C(C)O)cc4)c(F)c3F)cc2)cc1F. The van der Waals surface area contributed by atoms with Crippen LogP contribution in [0.25, 0.3) is 22.3 Å². The molecular weight excluding hydrogens is 493 g/mol. The van der Waals surface area contributed by atoms with Gasteiger partial charge in [-0.05, 0) is 54.3 Å². The van der Waals surface area contributed by atoms with E-state index >= 15 is 0 Å². The van der Waals surface area contributed by atoms with Crippen molar-refractivity contribution < 1.29 is 32.5 Å². The first-order valence-corrected chi connectivity index (χ1v) is 11.9. The van der Waals surface area contributed by atoms with Crippen molar-refractivity contribution >= 4 is 5.97 Å². The molecule has 0 fully saturated rings. The Morgan fingerprint density at radius 2 is 1.47 bits per heavy atom. The summed E-state index contributed by atoms with van der Waals surface area (Å²) in [5.41, 5.74) is 1.77. The predicted octanol–water partition coefficient (Wildman–Crippen LogP) is 7.67. The van der Waals surface area contributed by atoms with Gasteiger partial charge in [0.25, 0.3) is 0 Å². The molecule has 7 heteroatoms. The maximum absolute atomic E-state index is 15.0. The summed E-state index contributed by atoms with van der Waals surface area (Å²) in [6.45, 7) is 5.46. The van der Waals surface area contributed by atoms with Crippen LogP contribution in [0.5, 0.6) is 11.5 Å². The fraction of sp³-hybridized carbons (Fsp3) is 0.129. The Kier molecular flexibility index (Phi) is 8.28. The third-order valence-corrected chi connectivity index (χ3v) is 5.91. The topological polar surface area (TPSA) is 55.8 Å². The number of hydrogen-bond donors (Lipinski definition) is 1. The van der Waals surface area contributed by atoms with Gasteiger partial charge in [0.15, 0.2) is 23.2 Å². The minimum absolute atomic E-state index is 0.00201. The third-order valence-electron chi connectivity index (χ3n) is 5.91. The summed E-state index contributed by atoms with van der Waals surface area (Å²) in [6, 6.07) is 19.1. The van der Waals surface area contributed by atoms with Crippen LogP contribution in [0.3, 0.4) is 0 Å². The number of aliphatic hydroxyl groups is 1. The van der Waals surface area contributed by atoms with E-state index in [4.69, 9.17) is 9.47 Å². The maximum atomic E-state index is 15.0. The van der Waals surface area contributed by atoms with E-state index in [1.165, 1.54) is 48.5 Å². The van der Waals surface area contributed by atoms with E-state index < -0.39 is 29.5 Å². The lowest BCUT2D eigenvalue weighted by atomic mass is 9.97. The van der Waals surface area contributed by atoms with E-state index in [1.807, 2.05) is 0 Å². The number of aliphatic hydroxyl groups excluding tert-OH is 1. The first-order valence-electron chi connectivity index (χ1n) is 11.9. The van der Waals surface area contributed by atoms with Gasteiger partial charge in [-0.25, -0.2) is 18.0 Å². The van der Waals surface area contributed by atoms with Gasteiger partial charge in [-0.3, -0.25) is 0 Å². The van der Waals surface area contributed by atoms with Crippen LogP contribution in [0.15, 0.2) is 91.5 Å². The summed E-state index contributed by atoms with van der Waals surface area (Å²) in [7, 11) is 0. The van der Waals surface area contributed by atoms with Crippen molar-refractivity contribution in [3.63, 3.8) is 0 Å². The molecule has 0 aromatic heterocycles. The smallest absolute Gasteiger partial charge is 0.343 e. The van der Waals surface area contributed by atoms with Crippen molar-refractivity contribution in [3.05, 3.63) is 120 Å². The lowest BCUT2D eigenvalue weighted by Gasteiger charge is -2.11. The minimum Gasteiger partial charge on any atom is -0.490 e. The van der Waals surface area contributed by atoms with Crippen molar-refractivity contribution in [3.8, 4) is 33.8 Å². The number of carbonyl (C=O) groups excluding carboxylic acids is 1. The highest BCUT2D eigenvalue weighted by atomic mass is 19.2. The largest absolute Gasteiger partial charge is 0.490 e. The lowest BCUT2D eigenvalue weighted by molar-refractivity contribution is 0.0734. The molecule has 0 bridgehead atoms. The summed E-state index contributed by atoms with van der Waals surface area (Å²) < 4.78 is 54.7. The Labute approximate surface area is 218 Å². The predicted molar refractivity (Wildman–Crippen MR) is 140 cm³/mol. The third kappa shape index (κ3) is 5.95. The van der Waals surface area contributed by atoms with Gasteiger partial charge >= 0.3 is 5.97 Å². The quantitative estimate of drug-likeness (QED) is 0.107. The molecule has 0 aliphatic carbocycles. The molecule has 0 saturated heterocycles. The van der Waals surface area contributed by atoms with Gasteiger partial charge in [-0.2, -0.15) is 0 Å². The summed E-state index contributed by atoms with van der Waals surface area (Å²) in [6.07, 6.45) is 1.55. The second kappa shape index (κ2) is 11.8. The number of carbonyl (C=O) groups is 1. The first kappa shape index (κ1) is 26.7. The molecule has 4 rings (SSSR count). The molecule has 0 amide bonds. The van der Waals surface area contributed by atoms with Crippen molar-refractivity contribution in [2.45, 2.75) is 19.4 Å². The molecule has 0 heterocycles. The van der Waals surface area contributed by atoms with Crippen molar-refractivity contribution in [1.29, 1.82) is 0 Å². The monoisotopic (exact) mass is 518 g/mol. The Hall–Kier alpha value is -4.36. The standard InChI is InChI=1S/C31H25F3O4/c1-3-4-17-37-28-16-13-24(18-27(28)32)38-31(36)23-11-9-22(10-12-23)26-15-14-25(29(33)30(26)34)21-7-5-20(6-8-21)19(2)35/h3,5-16,18-19,35H,1,4,17H2,2H3. The van der Waals surface area contributed by atoms with Crippen LogP contribution in [0.4, 0.5) is 13.2 Å². The van der Waals surface area contributed by atoms with E-state index in [-0.39, 0.29) is 34.8 Å². The highest BCUT2D eigenvalue weighted by molar-refractivity contribution is 5.91. The van der Waals surface area contributed by atoms with Crippen molar-refractivity contribution in [1.82, 2.24) is 0 Å². The van der Waals surface area contributed by atoms with Gasteiger partial charge in [-0.1, -0.05) is 54.6 Å². The molecule has 38 heavy (non-hydrogen) atoms. The van der Waals surface area contributed by atoms with Crippen molar-refractivity contribution in [2.24, 2.45) is 0 Å². The molecular formula is C31H25F3O4. The van der Waals surface area contributed by atoms with Crippen LogP contribution in [0.2, 0.25) is 0 Å². The molecule has 0 aliphatic rings. The summed E-state index contributed by atoms with van der Waals surface area (Å²) in [5, 5.41) is 9.64. The fourth-order valence-corrected chi connectivity index (χ4v) is 3.80. The minimum atomic E-state index is -1.02. The van der Waals surface area contributed by atoms with E-state index in [1.54, 1.807) is 37.3 Å². The van der Waals surface area contributed by atoms with Gasteiger partial charge in [0.05, 0.1) is 18.3 Å². The summed E-state index contributed by atoms with van der Waals surface area (Å²) >= 11 is 0. The van der Waals surface area contributed by atoms with Crippen LogP contribution >= 0.6 is 0 Å². The molecule has 4 aromatic rings. The van der Waals surface area contributed by atoms with Crippen LogP contribution < -0.4 is 9.47 Å². The van der Waals surface area contributed by atoms with Gasteiger partial charge in [0.2, 0.25) is 0 Å². The molecule has 1 N–H and O–H groups in total. The Morgan fingerprint density at radius 3 is 2.00 bits per heavy atom. The summed E-state index contributed by atoms with van der Waals surface area (Å²) in [5.74, 6) is -3.41. The molecule has 1 atom stereocenters. The highest BCUT2D eigenvalue weighted by Gasteiger charge is 2.17. The highest BCUT2D eigenvalue weighted by Crippen LogP contribution is 2.32. The first-order chi connectivity index (χ1) is 18.3. The molecule has 1 unspecified atom stereocenters. The molecule has 194 valence electrons. The van der Waals surface area contributed by atoms with Crippen LogP contribution in [-0.4, -0.2) is 17.7 Å². The summed E-state index contributed by atoms with van der Waals surface area (Å²) in [4.78, 5) is 12.5. The number of ether oxygens (including phenoxy) is 2. The Balaban J connectivity index is 1.48. The second-order valence-electron chi connectivity index (χ2n) is 8.57. The zero-order chi connectivity index (χ0) is 27.2. The van der Waals surface area contributed by atoms with Crippen LogP contribution in [-0.2, 0) is 0 Å². The van der Waals surface area contributed by atoms with E-state index in [2.05, 4.69) is 6.58 Å². The zero-order valence-electron chi connectivity index (χ0n) is 20.6. The average molecular weight is 519 g/mol. The molecule has 0 aliphatic heterocycles. The number of hydrogen-bond acceptors (Lipinski definition) is 4. The maximum Gasteiger partial charge on any atom is 0.343 e. The normalized spacial score (nSPS) is 11.6. The molecule has 0 spiro atoms. The van der Waals surface area contributed by atoms with Crippen LogP contribution in [0.1, 0.15) is 35.4 Å². The van der Waals surface area contributed by atoms with E-state index in [9.17, 15) is 23.1 Å².